The second-order valence-corrected chi connectivity index (χ2v) is 4.10. The van der Waals surface area contributed by atoms with E-state index in [1.165, 1.54) is 0 Å². The van der Waals surface area contributed by atoms with Crippen molar-refractivity contribution in [2.45, 2.75) is 18.5 Å². The van der Waals surface area contributed by atoms with Crippen molar-refractivity contribution in [3.63, 3.8) is 0 Å². The third-order valence-electron chi connectivity index (χ3n) is 3.14. The number of rotatable bonds is 0. The van der Waals surface area contributed by atoms with Crippen LogP contribution in [-0.2, 0) is 0 Å². The van der Waals surface area contributed by atoms with Gasteiger partial charge in [-0.1, -0.05) is 24.3 Å². The SMILES string of the molecule is O=C1c2ccccc2NC2C=CCC2N1O. The van der Waals surface area contributed by atoms with Gasteiger partial charge in [-0.2, -0.15) is 0 Å². The highest BCUT2D eigenvalue weighted by Crippen LogP contribution is 2.28. The Kier molecular flexibility index (Phi) is 1.97. The molecule has 0 fully saturated rings. The largest absolute Gasteiger partial charge is 0.376 e. The molecule has 1 amide bonds. The van der Waals surface area contributed by atoms with Gasteiger partial charge in [-0.15, -0.1) is 0 Å². The van der Waals surface area contributed by atoms with Gasteiger partial charge in [-0.3, -0.25) is 10.0 Å². The minimum Gasteiger partial charge on any atom is -0.376 e. The normalized spacial score (nSPS) is 27.1. The van der Waals surface area contributed by atoms with E-state index >= 15 is 0 Å². The smallest absolute Gasteiger partial charge is 0.279 e. The van der Waals surface area contributed by atoms with Crippen LogP contribution in [0.5, 0.6) is 0 Å². The summed E-state index contributed by atoms with van der Waals surface area (Å²) in [6.45, 7) is 0. The number of carbonyl (C=O) groups excluding carboxylic acids is 1. The Morgan fingerprint density at radius 3 is 3.06 bits per heavy atom. The first-order valence-corrected chi connectivity index (χ1v) is 5.32. The number of nitrogens with zero attached hydrogens (tertiary/aromatic N) is 1. The molecule has 4 nitrogen and oxygen atoms in total. The predicted octanol–water partition coefficient (Wildman–Crippen LogP) is 1.64. The van der Waals surface area contributed by atoms with Crippen molar-refractivity contribution in [2.75, 3.05) is 5.32 Å². The van der Waals surface area contributed by atoms with Crippen molar-refractivity contribution in [3.8, 4) is 0 Å². The Bertz CT molecular complexity index is 470. The van der Waals surface area contributed by atoms with Crippen molar-refractivity contribution in [1.29, 1.82) is 0 Å². The van der Waals surface area contributed by atoms with Crippen LogP contribution in [0.1, 0.15) is 16.8 Å². The second kappa shape index (κ2) is 3.35. The van der Waals surface area contributed by atoms with E-state index in [0.29, 0.717) is 12.0 Å². The minimum absolute atomic E-state index is 0.00222. The van der Waals surface area contributed by atoms with E-state index in [9.17, 15) is 10.0 Å². The number of hydroxylamine groups is 2. The summed E-state index contributed by atoms with van der Waals surface area (Å²) in [7, 11) is 0. The van der Waals surface area contributed by atoms with Crippen LogP contribution in [0.15, 0.2) is 36.4 Å². The molecule has 16 heavy (non-hydrogen) atoms. The molecule has 2 atom stereocenters. The quantitative estimate of drug-likeness (QED) is 0.512. The first kappa shape index (κ1) is 9.42. The molecule has 0 bridgehead atoms. The zero-order chi connectivity index (χ0) is 11.1. The first-order valence-electron chi connectivity index (χ1n) is 5.32. The molecular formula is C12H12N2O2. The van der Waals surface area contributed by atoms with Crippen LogP contribution in [0.3, 0.4) is 0 Å². The van der Waals surface area contributed by atoms with Crippen LogP contribution >= 0.6 is 0 Å². The monoisotopic (exact) mass is 216 g/mol. The summed E-state index contributed by atoms with van der Waals surface area (Å²) in [6.07, 6.45) is 4.66. The Morgan fingerprint density at radius 2 is 2.19 bits per heavy atom. The van der Waals surface area contributed by atoms with E-state index < -0.39 is 0 Å². The third-order valence-corrected chi connectivity index (χ3v) is 3.14. The van der Waals surface area contributed by atoms with E-state index in [-0.39, 0.29) is 18.0 Å². The molecule has 2 aliphatic rings. The fourth-order valence-corrected chi connectivity index (χ4v) is 2.28. The third kappa shape index (κ3) is 1.23. The van der Waals surface area contributed by atoms with Crippen LogP contribution in [-0.4, -0.2) is 28.3 Å². The molecule has 2 unspecified atom stereocenters. The average molecular weight is 216 g/mol. The zero-order valence-corrected chi connectivity index (χ0v) is 8.63. The molecule has 1 aromatic carbocycles. The maximum absolute atomic E-state index is 12.0. The van der Waals surface area contributed by atoms with E-state index in [4.69, 9.17) is 0 Å². The molecule has 3 rings (SSSR count). The highest BCUT2D eigenvalue weighted by molar-refractivity contribution is 6.00. The number of benzene rings is 1. The van der Waals surface area contributed by atoms with Gasteiger partial charge in [-0.05, 0) is 18.6 Å². The Labute approximate surface area is 93.1 Å². The molecule has 1 aromatic rings. The minimum atomic E-state index is -0.334. The summed E-state index contributed by atoms with van der Waals surface area (Å²) in [5.41, 5.74) is 1.30. The predicted molar refractivity (Wildman–Crippen MR) is 59.4 cm³/mol. The molecule has 0 saturated heterocycles. The molecule has 0 aromatic heterocycles. The van der Waals surface area contributed by atoms with Crippen LogP contribution in [0.25, 0.3) is 0 Å². The van der Waals surface area contributed by atoms with E-state index in [1.54, 1.807) is 12.1 Å². The number of hydrogen-bond donors (Lipinski definition) is 2. The summed E-state index contributed by atoms with van der Waals surface area (Å²) < 4.78 is 0. The molecular weight excluding hydrogens is 204 g/mol. The summed E-state index contributed by atoms with van der Waals surface area (Å²) in [5.74, 6) is -0.334. The standard InChI is InChI=1S/C12H12N2O2/c15-12-8-4-1-2-5-9(8)13-10-6-3-7-11(10)14(12)16/h1-6,10-11,13,16H,7H2. The van der Waals surface area contributed by atoms with Crippen molar-refractivity contribution >= 4 is 11.6 Å². The molecule has 0 radical (unpaired) electrons. The molecule has 1 heterocycles. The number of para-hydroxylation sites is 1. The van der Waals surface area contributed by atoms with Crippen molar-refractivity contribution in [3.05, 3.63) is 42.0 Å². The fourth-order valence-electron chi connectivity index (χ4n) is 2.28. The first-order chi connectivity index (χ1) is 7.77. The molecule has 1 aliphatic heterocycles. The van der Waals surface area contributed by atoms with Crippen LogP contribution < -0.4 is 5.32 Å². The Balaban J connectivity index is 2.10. The van der Waals surface area contributed by atoms with Gasteiger partial charge in [-0.25, -0.2) is 5.06 Å². The summed E-state index contributed by atoms with van der Waals surface area (Å²) >= 11 is 0. The van der Waals surface area contributed by atoms with Crippen molar-refractivity contribution in [1.82, 2.24) is 5.06 Å². The maximum Gasteiger partial charge on any atom is 0.279 e. The van der Waals surface area contributed by atoms with Crippen LogP contribution in [0.2, 0.25) is 0 Å². The van der Waals surface area contributed by atoms with Gasteiger partial charge in [0.25, 0.3) is 5.91 Å². The van der Waals surface area contributed by atoms with Gasteiger partial charge >= 0.3 is 0 Å². The average Bonchev–Trinajstić information content (AvgIpc) is 2.72. The summed E-state index contributed by atoms with van der Waals surface area (Å²) in [4.78, 5) is 12.0. The van der Waals surface area contributed by atoms with E-state index in [2.05, 4.69) is 5.32 Å². The Hall–Kier alpha value is -1.81. The molecule has 2 N–H and O–H groups in total. The number of nitrogens with one attached hydrogen (secondary N) is 1. The van der Waals surface area contributed by atoms with Crippen molar-refractivity contribution in [2.24, 2.45) is 0 Å². The highest BCUT2D eigenvalue weighted by atomic mass is 16.5. The zero-order valence-electron chi connectivity index (χ0n) is 8.63. The highest BCUT2D eigenvalue weighted by Gasteiger charge is 2.35. The van der Waals surface area contributed by atoms with Crippen LogP contribution in [0, 0.1) is 0 Å². The molecule has 0 saturated carbocycles. The maximum atomic E-state index is 12.0. The lowest BCUT2D eigenvalue weighted by molar-refractivity contribution is -0.0861. The van der Waals surface area contributed by atoms with Gasteiger partial charge in [0, 0.05) is 5.69 Å². The number of carbonyl (C=O) groups is 1. The van der Waals surface area contributed by atoms with Gasteiger partial charge in [0.1, 0.15) is 0 Å². The molecule has 0 spiro atoms. The lowest BCUT2D eigenvalue weighted by atomic mass is 10.1. The van der Waals surface area contributed by atoms with Gasteiger partial charge in [0.15, 0.2) is 0 Å². The number of amides is 1. The van der Waals surface area contributed by atoms with E-state index in [0.717, 1.165) is 10.8 Å². The molecule has 4 heteroatoms. The van der Waals surface area contributed by atoms with Gasteiger partial charge in [0.05, 0.1) is 17.6 Å². The number of anilines is 1. The second-order valence-electron chi connectivity index (χ2n) is 4.10. The lowest BCUT2D eigenvalue weighted by Crippen LogP contribution is -2.42. The Morgan fingerprint density at radius 1 is 1.38 bits per heavy atom. The topological polar surface area (TPSA) is 52.6 Å². The van der Waals surface area contributed by atoms with Crippen LogP contribution in [0.4, 0.5) is 5.69 Å². The molecule has 82 valence electrons. The van der Waals surface area contributed by atoms with Gasteiger partial charge in [0.2, 0.25) is 0 Å². The number of hydrogen-bond acceptors (Lipinski definition) is 3. The molecule has 1 aliphatic carbocycles. The fraction of sp³-hybridized carbons (Fsp3) is 0.250. The van der Waals surface area contributed by atoms with E-state index in [1.807, 2.05) is 24.3 Å². The summed E-state index contributed by atoms with van der Waals surface area (Å²) in [6, 6.07) is 7.05. The summed E-state index contributed by atoms with van der Waals surface area (Å²) in [5, 5.41) is 14.0. The van der Waals surface area contributed by atoms with Gasteiger partial charge < -0.3 is 5.32 Å². The number of fused-ring (bicyclic) bond motifs is 2. The lowest BCUT2D eigenvalue weighted by Gasteiger charge is -2.24. The van der Waals surface area contributed by atoms with Crippen molar-refractivity contribution < 1.29 is 10.0 Å².